The lowest BCUT2D eigenvalue weighted by Crippen LogP contribution is -2.18. The number of pyridine rings is 1. The van der Waals surface area contributed by atoms with E-state index in [1.807, 2.05) is 6.07 Å². The normalized spacial score (nSPS) is 9.47. The number of hydrogen-bond acceptors (Lipinski definition) is 4. The van der Waals surface area contributed by atoms with Crippen LogP contribution in [0, 0.1) is 11.3 Å². The molecule has 2 aromatic rings. The highest BCUT2D eigenvalue weighted by molar-refractivity contribution is 5.92. The molecule has 1 aromatic heterocycles. The molecule has 94 valence electrons. The van der Waals surface area contributed by atoms with Gasteiger partial charge in [-0.25, -0.2) is 0 Å². The van der Waals surface area contributed by atoms with Gasteiger partial charge in [-0.3, -0.25) is 9.78 Å². The predicted octanol–water partition coefficient (Wildman–Crippen LogP) is 2.11. The maximum absolute atomic E-state index is 11.4. The van der Waals surface area contributed by atoms with Crippen molar-refractivity contribution < 1.29 is 9.53 Å². The first kappa shape index (κ1) is 12.6. The van der Waals surface area contributed by atoms with Crippen LogP contribution in [-0.2, 0) is 0 Å². The summed E-state index contributed by atoms with van der Waals surface area (Å²) in [6, 6.07) is 12.0. The van der Waals surface area contributed by atoms with Gasteiger partial charge in [-0.1, -0.05) is 6.07 Å². The average molecular weight is 253 g/mol. The molecular formula is C14H11N3O2. The quantitative estimate of drug-likeness (QED) is 0.908. The zero-order valence-corrected chi connectivity index (χ0v) is 10.3. The zero-order chi connectivity index (χ0) is 13.7. The number of aromatic nitrogens is 1. The molecule has 2 rings (SSSR count). The lowest BCUT2D eigenvalue weighted by atomic mass is 10.2. The first-order valence-electron chi connectivity index (χ1n) is 5.59. The van der Waals surface area contributed by atoms with Crippen molar-refractivity contribution in [3.8, 4) is 17.6 Å². The maximum atomic E-state index is 11.4. The van der Waals surface area contributed by atoms with Crippen molar-refractivity contribution in [2.75, 3.05) is 7.05 Å². The fourth-order valence-electron chi connectivity index (χ4n) is 1.49. The van der Waals surface area contributed by atoms with E-state index in [0.717, 1.165) is 0 Å². The molecule has 19 heavy (non-hydrogen) atoms. The van der Waals surface area contributed by atoms with E-state index in [9.17, 15) is 4.79 Å². The third-order valence-corrected chi connectivity index (χ3v) is 2.39. The molecule has 0 aliphatic rings. The topological polar surface area (TPSA) is 75.0 Å². The van der Waals surface area contributed by atoms with Gasteiger partial charge in [0.2, 0.25) is 0 Å². The molecule has 0 saturated carbocycles. The second-order valence-electron chi connectivity index (χ2n) is 3.70. The number of rotatable bonds is 3. The summed E-state index contributed by atoms with van der Waals surface area (Å²) in [7, 11) is 1.54. The number of nitrogens with zero attached hydrogens (tertiary/aromatic N) is 2. The Balaban J connectivity index is 2.23. The van der Waals surface area contributed by atoms with Crippen molar-refractivity contribution in [1.29, 1.82) is 5.26 Å². The van der Waals surface area contributed by atoms with Gasteiger partial charge in [-0.05, 0) is 24.3 Å². The smallest absolute Gasteiger partial charge is 0.269 e. The van der Waals surface area contributed by atoms with Crippen LogP contribution < -0.4 is 10.1 Å². The van der Waals surface area contributed by atoms with Crippen molar-refractivity contribution in [3.05, 3.63) is 53.9 Å². The van der Waals surface area contributed by atoms with Crippen LogP contribution >= 0.6 is 0 Å². The first-order valence-corrected chi connectivity index (χ1v) is 5.59. The van der Waals surface area contributed by atoms with Gasteiger partial charge in [-0.2, -0.15) is 5.26 Å². The summed E-state index contributed by atoms with van der Waals surface area (Å²) in [5.41, 5.74) is 0.787. The van der Waals surface area contributed by atoms with E-state index in [-0.39, 0.29) is 11.6 Å². The summed E-state index contributed by atoms with van der Waals surface area (Å²) in [5.74, 6) is 0.744. The molecule has 0 spiro atoms. The van der Waals surface area contributed by atoms with E-state index >= 15 is 0 Å². The molecule has 1 amide bonds. The third-order valence-electron chi connectivity index (χ3n) is 2.39. The van der Waals surface area contributed by atoms with E-state index < -0.39 is 0 Å². The van der Waals surface area contributed by atoms with Crippen LogP contribution in [0.2, 0.25) is 0 Å². The van der Waals surface area contributed by atoms with Crippen molar-refractivity contribution in [3.63, 3.8) is 0 Å². The Labute approximate surface area is 110 Å². The van der Waals surface area contributed by atoms with Gasteiger partial charge in [0, 0.05) is 19.3 Å². The molecular weight excluding hydrogens is 242 g/mol. The Hall–Kier alpha value is -2.87. The molecule has 1 N–H and O–H groups in total. The van der Waals surface area contributed by atoms with Crippen LogP contribution in [0.25, 0.3) is 0 Å². The van der Waals surface area contributed by atoms with Gasteiger partial charge in [0.15, 0.2) is 0 Å². The number of amides is 1. The number of benzene rings is 1. The SMILES string of the molecule is CNC(=O)c1cc(Oc2cccc(C#N)c2)ccn1. The highest BCUT2D eigenvalue weighted by Crippen LogP contribution is 2.22. The highest BCUT2D eigenvalue weighted by Gasteiger charge is 2.06. The monoisotopic (exact) mass is 253 g/mol. The van der Waals surface area contributed by atoms with Gasteiger partial charge >= 0.3 is 0 Å². The second-order valence-corrected chi connectivity index (χ2v) is 3.70. The summed E-state index contributed by atoms with van der Waals surface area (Å²) in [6.45, 7) is 0. The van der Waals surface area contributed by atoms with Crippen molar-refractivity contribution >= 4 is 5.91 Å². The Morgan fingerprint density at radius 1 is 1.32 bits per heavy atom. The molecule has 0 aliphatic carbocycles. The predicted molar refractivity (Wildman–Crippen MR) is 68.9 cm³/mol. The Bertz CT molecular complexity index is 647. The molecule has 1 aromatic carbocycles. The second kappa shape index (κ2) is 5.65. The van der Waals surface area contributed by atoms with Crippen LogP contribution in [0.3, 0.4) is 0 Å². The molecule has 0 radical (unpaired) electrons. The molecule has 0 atom stereocenters. The minimum Gasteiger partial charge on any atom is -0.457 e. The summed E-state index contributed by atoms with van der Waals surface area (Å²) in [5, 5.41) is 11.3. The summed E-state index contributed by atoms with van der Waals surface area (Å²) in [6.07, 6.45) is 1.49. The minimum absolute atomic E-state index is 0.274. The average Bonchev–Trinajstić information content (AvgIpc) is 2.47. The minimum atomic E-state index is -0.281. The van der Waals surface area contributed by atoms with Gasteiger partial charge in [0.25, 0.3) is 5.91 Å². The van der Waals surface area contributed by atoms with Crippen LogP contribution in [0.4, 0.5) is 0 Å². The van der Waals surface area contributed by atoms with E-state index in [1.54, 1.807) is 30.3 Å². The Kier molecular flexibility index (Phi) is 3.74. The Morgan fingerprint density at radius 3 is 2.84 bits per heavy atom. The number of carbonyl (C=O) groups is 1. The standard InChI is InChI=1S/C14H11N3O2/c1-16-14(18)13-8-12(5-6-17-13)19-11-4-2-3-10(7-11)9-15/h2-8H,1H3,(H,16,18). The van der Waals surface area contributed by atoms with Crippen molar-refractivity contribution in [1.82, 2.24) is 10.3 Å². The van der Waals surface area contributed by atoms with E-state index in [1.165, 1.54) is 19.3 Å². The van der Waals surface area contributed by atoms with Crippen molar-refractivity contribution in [2.24, 2.45) is 0 Å². The lowest BCUT2D eigenvalue weighted by Gasteiger charge is -2.06. The molecule has 0 unspecified atom stereocenters. The number of hydrogen-bond donors (Lipinski definition) is 1. The molecule has 5 nitrogen and oxygen atoms in total. The molecule has 0 fully saturated rings. The first-order chi connectivity index (χ1) is 9.22. The largest absolute Gasteiger partial charge is 0.457 e. The van der Waals surface area contributed by atoms with E-state index in [2.05, 4.69) is 10.3 Å². The zero-order valence-electron chi connectivity index (χ0n) is 10.3. The molecule has 0 aliphatic heterocycles. The third kappa shape index (κ3) is 3.07. The van der Waals surface area contributed by atoms with Gasteiger partial charge in [0.05, 0.1) is 11.6 Å². The summed E-state index contributed by atoms with van der Waals surface area (Å²) in [4.78, 5) is 15.4. The van der Waals surface area contributed by atoms with Crippen LogP contribution in [0.1, 0.15) is 16.1 Å². The van der Waals surface area contributed by atoms with E-state index in [0.29, 0.717) is 17.1 Å². The number of ether oxygens (including phenoxy) is 1. The molecule has 1 heterocycles. The van der Waals surface area contributed by atoms with Gasteiger partial charge in [-0.15, -0.1) is 0 Å². The van der Waals surface area contributed by atoms with Gasteiger partial charge < -0.3 is 10.1 Å². The maximum Gasteiger partial charge on any atom is 0.269 e. The van der Waals surface area contributed by atoms with Crippen LogP contribution in [0.15, 0.2) is 42.6 Å². The van der Waals surface area contributed by atoms with Crippen molar-refractivity contribution in [2.45, 2.75) is 0 Å². The fourth-order valence-corrected chi connectivity index (χ4v) is 1.49. The molecule has 5 heteroatoms. The highest BCUT2D eigenvalue weighted by atomic mass is 16.5. The van der Waals surface area contributed by atoms with E-state index in [4.69, 9.17) is 10.00 Å². The molecule has 0 saturated heterocycles. The Morgan fingerprint density at radius 2 is 2.11 bits per heavy atom. The van der Waals surface area contributed by atoms with Crippen LogP contribution in [-0.4, -0.2) is 17.9 Å². The summed E-state index contributed by atoms with van der Waals surface area (Å²) < 4.78 is 5.59. The molecule has 0 bridgehead atoms. The lowest BCUT2D eigenvalue weighted by molar-refractivity contribution is 0.0958. The van der Waals surface area contributed by atoms with Crippen LogP contribution in [0.5, 0.6) is 11.5 Å². The summed E-state index contributed by atoms with van der Waals surface area (Å²) >= 11 is 0. The number of carbonyl (C=O) groups excluding carboxylic acids is 1. The number of nitrogens with one attached hydrogen (secondary N) is 1. The fraction of sp³-hybridized carbons (Fsp3) is 0.0714. The number of nitriles is 1. The van der Waals surface area contributed by atoms with Gasteiger partial charge in [0.1, 0.15) is 17.2 Å².